The molecule has 0 N–H and O–H groups in total. The molecular weight excluding hydrogens is 470 g/mol. The van der Waals surface area contributed by atoms with E-state index in [0.29, 0.717) is 49.6 Å². The van der Waals surface area contributed by atoms with Crippen LogP contribution in [0.25, 0.3) is 0 Å². The number of rotatable bonds is 6. The summed E-state index contributed by atoms with van der Waals surface area (Å²) in [6.45, 7) is 7.73. The fraction of sp³-hybridized carbons (Fsp3) is 0.379. The number of hydrogen-bond acceptors (Lipinski definition) is 5. The molecule has 0 saturated carbocycles. The maximum Gasteiger partial charge on any atom is 0.336 e. The molecule has 0 aromatic heterocycles. The van der Waals surface area contributed by atoms with Crippen molar-refractivity contribution in [3.05, 3.63) is 82.6 Å². The normalized spacial score (nSPS) is 18.2. The van der Waals surface area contributed by atoms with Crippen LogP contribution >= 0.6 is 0 Å². The van der Waals surface area contributed by atoms with E-state index in [-0.39, 0.29) is 36.7 Å². The van der Waals surface area contributed by atoms with Crippen molar-refractivity contribution in [1.82, 2.24) is 14.7 Å². The Morgan fingerprint density at radius 1 is 0.919 bits per heavy atom. The van der Waals surface area contributed by atoms with Crippen LogP contribution in [-0.4, -0.2) is 71.2 Å². The minimum atomic E-state index is -0.405. The fourth-order valence-corrected chi connectivity index (χ4v) is 4.99. The van der Waals surface area contributed by atoms with Crippen LogP contribution in [0.4, 0.5) is 0 Å². The summed E-state index contributed by atoms with van der Waals surface area (Å²) in [5, 5.41) is 0. The number of carbonyl (C=O) groups excluding carboxylic acids is 4. The monoisotopic (exact) mass is 503 g/mol. The number of piperazine rings is 1. The van der Waals surface area contributed by atoms with Crippen LogP contribution < -0.4 is 0 Å². The van der Waals surface area contributed by atoms with E-state index in [9.17, 15) is 19.2 Å². The van der Waals surface area contributed by atoms with E-state index in [1.807, 2.05) is 42.5 Å². The number of ether oxygens (including phenoxy) is 1. The van der Waals surface area contributed by atoms with Crippen molar-refractivity contribution in [2.75, 3.05) is 32.8 Å². The zero-order valence-corrected chi connectivity index (χ0v) is 21.6. The van der Waals surface area contributed by atoms with E-state index in [2.05, 4.69) is 0 Å². The number of carbonyl (C=O) groups is 4. The standard InChI is InChI=1S/C29H33N3O5/c1-4-37-29(36)27-20(2)32(26(34)18-25(27)23-8-6-5-7-9-23)19-22-10-12-24(13-11-22)28(35)31-16-14-30(15-17-31)21(3)33/h5-13,25H,4,14-19H2,1-3H3. The Labute approximate surface area is 217 Å². The first-order valence-corrected chi connectivity index (χ1v) is 12.7. The molecule has 8 heteroatoms. The van der Waals surface area contributed by atoms with E-state index in [4.69, 9.17) is 4.74 Å². The van der Waals surface area contributed by atoms with Gasteiger partial charge in [0.1, 0.15) is 0 Å². The summed E-state index contributed by atoms with van der Waals surface area (Å²) in [7, 11) is 0. The van der Waals surface area contributed by atoms with E-state index in [1.165, 1.54) is 6.92 Å². The zero-order valence-electron chi connectivity index (χ0n) is 21.6. The van der Waals surface area contributed by atoms with Crippen LogP contribution in [0.1, 0.15) is 54.6 Å². The Bertz CT molecular complexity index is 1200. The van der Waals surface area contributed by atoms with Crippen LogP contribution in [0, 0.1) is 0 Å². The van der Waals surface area contributed by atoms with Gasteiger partial charge < -0.3 is 19.4 Å². The Kier molecular flexibility index (Phi) is 8.06. The van der Waals surface area contributed by atoms with Crippen molar-refractivity contribution in [3.8, 4) is 0 Å². The summed E-state index contributed by atoms with van der Waals surface area (Å²) in [5.41, 5.74) is 3.42. The quantitative estimate of drug-likeness (QED) is 0.565. The first kappa shape index (κ1) is 26.1. The molecule has 194 valence electrons. The van der Waals surface area contributed by atoms with Crippen molar-refractivity contribution in [2.45, 2.75) is 39.7 Å². The Morgan fingerprint density at radius 2 is 1.54 bits per heavy atom. The number of nitrogens with zero attached hydrogens (tertiary/aromatic N) is 3. The second-order valence-electron chi connectivity index (χ2n) is 9.36. The average molecular weight is 504 g/mol. The van der Waals surface area contributed by atoms with E-state index < -0.39 is 5.97 Å². The summed E-state index contributed by atoms with van der Waals surface area (Å²) >= 11 is 0. The van der Waals surface area contributed by atoms with Gasteiger partial charge in [-0.2, -0.15) is 0 Å². The Hall–Kier alpha value is -3.94. The average Bonchev–Trinajstić information content (AvgIpc) is 2.91. The summed E-state index contributed by atoms with van der Waals surface area (Å²) in [6.07, 6.45) is 0.179. The molecule has 37 heavy (non-hydrogen) atoms. The van der Waals surface area contributed by atoms with E-state index in [0.717, 1.165) is 11.1 Å². The lowest BCUT2D eigenvalue weighted by atomic mass is 9.83. The topological polar surface area (TPSA) is 87.2 Å². The van der Waals surface area contributed by atoms with Gasteiger partial charge in [0.2, 0.25) is 11.8 Å². The SMILES string of the molecule is CCOC(=O)C1=C(C)N(Cc2ccc(C(=O)N3CCN(C(C)=O)CC3)cc2)C(=O)CC1c1ccccc1. The van der Waals surface area contributed by atoms with Gasteiger partial charge in [-0.15, -0.1) is 0 Å². The van der Waals surface area contributed by atoms with Gasteiger partial charge in [-0.3, -0.25) is 14.4 Å². The molecule has 1 fully saturated rings. The van der Waals surface area contributed by atoms with Crippen LogP contribution in [0.5, 0.6) is 0 Å². The largest absolute Gasteiger partial charge is 0.463 e. The highest BCUT2D eigenvalue weighted by molar-refractivity contribution is 5.96. The highest BCUT2D eigenvalue weighted by Crippen LogP contribution is 2.37. The molecule has 8 nitrogen and oxygen atoms in total. The number of amides is 3. The van der Waals surface area contributed by atoms with Gasteiger partial charge >= 0.3 is 5.97 Å². The molecule has 0 aliphatic carbocycles. The molecule has 2 aliphatic rings. The van der Waals surface area contributed by atoms with Gasteiger partial charge in [0.15, 0.2) is 0 Å². The van der Waals surface area contributed by atoms with Gasteiger partial charge in [0.05, 0.1) is 18.7 Å². The van der Waals surface area contributed by atoms with Gasteiger partial charge in [-0.05, 0) is 37.1 Å². The third kappa shape index (κ3) is 5.74. The molecule has 2 aliphatic heterocycles. The second-order valence-corrected chi connectivity index (χ2v) is 9.36. The minimum absolute atomic E-state index is 0.0225. The molecule has 2 aromatic rings. The van der Waals surface area contributed by atoms with Crippen LogP contribution in [0.15, 0.2) is 65.9 Å². The summed E-state index contributed by atoms with van der Waals surface area (Å²) in [5.74, 6) is -0.878. The van der Waals surface area contributed by atoms with Crippen molar-refractivity contribution in [3.63, 3.8) is 0 Å². The minimum Gasteiger partial charge on any atom is -0.463 e. The smallest absolute Gasteiger partial charge is 0.336 e. The molecular formula is C29H33N3O5. The predicted molar refractivity (Wildman–Crippen MR) is 138 cm³/mol. The summed E-state index contributed by atoms with van der Waals surface area (Å²) in [4.78, 5) is 55.8. The number of allylic oxidation sites excluding steroid dienone is 1. The molecule has 1 saturated heterocycles. The van der Waals surface area contributed by atoms with Crippen LogP contribution in [-0.2, 0) is 25.7 Å². The van der Waals surface area contributed by atoms with Gasteiger partial charge in [0.25, 0.3) is 5.91 Å². The predicted octanol–water partition coefficient (Wildman–Crippen LogP) is 3.34. The lowest BCUT2D eigenvalue weighted by Crippen LogP contribution is -2.50. The van der Waals surface area contributed by atoms with E-state index >= 15 is 0 Å². The maximum absolute atomic E-state index is 13.2. The van der Waals surface area contributed by atoms with Crippen LogP contribution in [0.3, 0.4) is 0 Å². The molecule has 3 amide bonds. The first-order valence-electron chi connectivity index (χ1n) is 12.7. The number of esters is 1. The van der Waals surface area contributed by atoms with Crippen molar-refractivity contribution >= 4 is 23.7 Å². The Morgan fingerprint density at radius 3 is 2.14 bits per heavy atom. The molecule has 0 bridgehead atoms. The van der Waals surface area contributed by atoms with Gasteiger partial charge in [0, 0.05) is 56.7 Å². The van der Waals surface area contributed by atoms with Crippen molar-refractivity contribution in [2.24, 2.45) is 0 Å². The van der Waals surface area contributed by atoms with E-state index in [1.54, 1.807) is 40.7 Å². The fourth-order valence-electron chi connectivity index (χ4n) is 4.99. The summed E-state index contributed by atoms with van der Waals surface area (Å²) in [6, 6.07) is 16.8. The zero-order chi connectivity index (χ0) is 26.5. The van der Waals surface area contributed by atoms with Crippen molar-refractivity contribution in [1.29, 1.82) is 0 Å². The third-order valence-corrected chi connectivity index (χ3v) is 7.07. The lowest BCUT2D eigenvalue weighted by molar-refractivity contribution is -0.140. The highest BCUT2D eigenvalue weighted by atomic mass is 16.5. The second kappa shape index (κ2) is 11.4. The molecule has 2 heterocycles. The molecule has 0 radical (unpaired) electrons. The third-order valence-electron chi connectivity index (χ3n) is 7.07. The van der Waals surface area contributed by atoms with Crippen LogP contribution in [0.2, 0.25) is 0 Å². The lowest BCUT2D eigenvalue weighted by Gasteiger charge is -2.35. The van der Waals surface area contributed by atoms with Gasteiger partial charge in [-0.1, -0.05) is 42.5 Å². The Balaban J connectivity index is 1.51. The maximum atomic E-state index is 13.2. The molecule has 2 aromatic carbocycles. The molecule has 0 spiro atoms. The van der Waals surface area contributed by atoms with Crippen molar-refractivity contribution < 1.29 is 23.9 Å². The number of benzene rings is 2. The first-order chi connectivity index (χ1) is 17.8. The highest BCUT2D eigenvalue weighted by Gasteiger charge is 2.36. The molecule has 4 rings (SSSR count). The molecule has 1 atom stereocenters. The summed E-state index contributed by atoms with van der Waals surface area (Å²) < 4.78 is 5.36. The van der Waals surface area contributed by atoms with Gasteiger partial charge in [-0.25, -0.2) is 4.79 Å². The number of hydrogen-bond donors (Lipinski definition) is 0. The molecule has 1 unspecified atom stereocenters.